The molecule has 1 aromatic rings. The van der Waals surface area contributed by atoms with Crippen molar-refractivity contribution in [3.05, 3.63) is 29.6 Å². The minimum absolute atomic E-state index is 0.0876. The Morgan fingerprint density at radius 2 is 2.06 bits per heavy atom. The van der Waals surface area contributed by atoms with Gasteiger partial charge in [0.05, 0.1) is 0 Å². The van der Waals surface area contributed by atoms with Crippen LogP contribution >= 0.6 is 0 Å². The normalized spacial score (nSPS) is 17.5. The highest BCUT2D eigenvalue weighted by Crippen LogP contribution is 2.33. The number of hydrogen-bond acceptors (Lipinski definition) is 2. The van der Waals surface area contributed by atoms with Crippen molar-refractivity contribution in [3.63, 3.8) is 0 Å². The lowest BCUT2D eigenvalue weighted by molar-refractivity contribution is 0.576. The summed E-state index contributed by atoms with van der Waals surface area (Å²) in [5.41, 5.74) is 7.50. The highest BCUT2D eigenvalue weighted by molar-refractivity contribution is 5.56. The van der Waals surface area contributed by atoms with E-state index < -0.39 is 0 Å². The number of nitrogens with two attached hydrogens (primary N) is 1. The molecule has 2 N–H and O–H groups in total. The second-order valence-electron chi connectivity index (χ2n) is 4.85. The summed E-state index contributed by atoms with van der Waals surface area (Å²) in [4.78, 5) is 2.30. The van der Waals surface area contributed by atoms with Gasteiger partial charge in [-0.05, 0) is 43.9 Å². The molecular weight excluding hydrogens is 215 g/mol. The number of halogens is 1. The van der Waals surface area contributed by atoms with Crippen LogP contribution in [0, 0.1) is 5.82 Å². The van der Waals surface area contributed by atoms with E-state index >= 15 is 0 Å². The monoisotopic (exact) mass is 236 g/mol. The molecule has 1 aromatic carbocycles. The van der Waals surface area contributed by atoms with E-state index in [-0.39, 0.29) is 11.7 Å². The molecule has 94 valence electrons. The van der Waals surface area contributed by atoms with Gasteiger partial charge in [0.25, 0.3) is 0 Å². The summed E-state index contributed by atoms with van der Waals surface area (Å²) in [6.07, 6.45) is 3.25. The molecular formula is C14H21FN2. The molecule has 1 fully saturated rings. The second-order valence-corrected chi connectivity index (χ2v) is 4.85. The minimum Gasteiger partial charge on any atom is -0.371 e. The van der Waals surface area contributed by atoms with Crippen molar-refractivity contribution in [2.45, 2.75) is 32.1 Å². The van der Waals surface area contributed by atoms with Gasteiger partial charge in [0, 0.05) is 24.3 Å². The molecule has 1 aliphatic rings. The standard InChI is InChI=1S/C14H21FN2/c1-11(7-8-16)14-12(15)5-4-6-13(14)17-9-2-3-10-17/h4-6,11H,2-3,7-10,16H2,1H3. The molecule has 0 aliphatic carbocycles. The van der Waals surface area contributed by atoms with Crippen molar-refractivity contribution in [3.8, 4) is 0 Å². The smallest absolute Gasteiger partial charge is 0.128 e. The Kier molecular flexibility index (Phi) is 4.00. The molecule has 0 saturated carbocycles. The maximum Gasteiger partial charge on any atom is 0.128 e. The van der Waals surface area contributed by atoms with Crippen molar-refractivity contribution >= 4 is 5.69 Å². The summed E-state index contributed by atoms with van der Waals surface area (Å²) in [6, 6.07) is 5.40. The van der Waals surface area contributed by atoms with Gasteiger partial charge in [-0.15, -0.1) is 0 Å². The largest absolute Gasteiger partial charge is 0.371 e. The third-order valence-corrected chi connectivity index (χ3v) is 3.57. The van der Waals surface area contributed by atoms with Gasteiger partial charge >= 0.3 is 0 Å². The van der Waals surface area contributed by atoms with Gasteiger partial charge in [0.15, 0.2) is 0 Å². The van der Waals surface area contributed by atoms with E-state index in [1.54, 1.807) is 6.07 Å². The van der Waals surface area contributed by atoms with E-state index in [2.05, 4.69) is 11.8 Å². The van der Waals surface area contributed by atoms with E-state index in [0.717, 1.165) is 30.8 Å². The van der Waals surface area contributed by atoms with Crippen LogP contribution in [0.15, 0.2) is 18.2 Å². The third kappa shape index (κ3) is 2.60. The Morgan fingerprint density at radius 3 is 2.71 bits per heavy atom. The zero-order chi connectivity index (χ0) is 12.3. The van der Waals surface area contributed by atoms with Crippen LogP contribution in [0.3, 0.4) is 0 Å². The molecule has 0 aromatic heterocycles. The Hall–Kier alpha value is -1.09. The number of rotatable bonds is 4. The van der Waals surface area contributed by atoms with Crippen molar-refractivity contribution in [2.24, 2.45) is 5.73 Å². The maximum absolute atomic E-state index is 14.0. The molecule has 17 heavy (non-hydrogen) atoms. The number of hydrogen-bond donors (Lipinski definition) is 1. The minimum atomic E-state index is -0.0876. The van der Waals surface area contributed by atoms with Crippen LogP contribution in [0.2, 0.25) is 0 Å². The summed E-state index contributed by atoms with van der Waals surface area (Å²) < 4.78 is 14.0. The van der Waals surface area contributed by atoms with Crippen LogP contribution in [0.4, 0.5) is 10.1 Å². The van der Waals surface area contributed by atoms with E-state index in [0.29, 0.717) is 6.54 Å². The topological polar surface area (TPSA) is 29.3 Å². The quantitative estimate of drug-likeness (QED) is 0.871. The van der Waals surface area contributed by atoms with Gasteiger partial charge in [-0.2, -0.15) is 0 Å². The van der Waals surface area contributed by atoms with Gasteiger partial charge in [-0.3, -0.25) is 0 Å². The number of anilines is 1. The summed E-state index contributed by atoms with van der Waals surface area (Å²) in [7, 11) is 0. The number of nitrogens with zero attached hydrogens (tertiary/aromatic N) is 1. The summed E-state index contributed by atoms with van der Waals surface area (Å²) in [5.74, 6) is 0.104. The van der Waals surface area contributed by atoms with E-state index in [1.165, 1.54) is 12.8 Å². The first-order valence-electron chi connectivity index (χ1n) is 6.47. The van der Waals surface area contributed by atoms with E-state index in [4.69, 9.17) is 5.73 Å². The lowest BCUT2D eigenvalue weighted by Gasteiger charge is -2.24. The summed E-state index contributed by atoms with van der Waals surface area (Å²) in [5, 5.41) is 0. The van der Waals surface area contributed by atoms with Crippen molar-refractivity contribution in [1.82, 2.24) is 0 Å². The second kappa shape index (κ2) is 5.50. The Bertz CT molecular complexity index is 372. The number of benzene rings is 1. The van der Waals surface area contributed by atoms with Gasteiger partial charge in [0.1, 0.15) is 5.82 Å². The highest BCUT2D eigenvalue weighted by atomic mass is 19.1. The molecule has 1 atom stereocenters. The lowest BCUT2D eigenvalue weighted by Crippen LogP contribution is -2.21. The van der Waals surface area contributed by atoms with Crippen LogP contribution < -0.4 is 10.6 Å². The van der Waals surface area contributed by atoms with Gasteiger partial charge < -0.3 is 10.6 Å². The molecule has 0 amide bonds. The first-order valence-corrected chi connectivity index (χ1v) is 6.47. The zero-order valence-corrected chi connectivity index (χ0v) is 10.5. The van der Waals surface area contributed by atoms with Crippen molar-refractivity contribution in [1.29, 1.82) is 0 Å². The predicted molar refractivity (Wildman–Crippen MR) is 69.9 cm³/mol. The Morgan fingerprint density at radius 1 is 1.35 bits per heavy atom. The molecule has 1 aliphatic heterocycles. The Labute approximate surface area is 103 Å². The highest BCUT2D eigenvalue weighted by Gasteiger charge is 2.21. The fourth-order valence-corrected chi connectivity index (χ4v) is 2.64. The molecule has 2 nitrogen and oxygen atoms in total. The lowest BCUT2D eigenvalue weighted by atomic mass is 9.95. The fourth-order valence-electron chi connectivity index (χ4n) is 2.64. The van der Waals surface area contributed by atoms with Crippen LogP contribution in [-0.2, 0) is 0 Å². The molecule has 3 heteroatoms. The zero-order valence-electron chi connectivity index (χ0n) is 10.5. The maximum atomic E-state index is 14.0. The first-order chi connectivity index (χ1) is 8.24. The van der Waals surface area contributed by atoms with E-state index in [9.17, 15) is 4.39 Å². The molecule has 0 bridgehead atoms. The first kappa shape index (κ1) is 12.4. The van der Waals surface area contributed by atoms with Crippen molar-refractivity contribution < 1.29 is 4.39 Å². The molecule has 2 rings (SSSR count). The van der Waals surface area contributed by atoms with Crippen LogP contribution in [0.1, 0.15) is 37.7 Å². The SMILES string of the molecule is CC(CCN)c1c(F)cccc1N1CCCC1. The summed E-state index contributed by atoms with van der Waals surface area (Å²) >= 11 is 0. The van der Waals surface area contributed by atoms with Gasteiger partial charge in [0.2, 0.25) is 0 Å². The fraction of sp³-hybridized carbons (Fsp3) is 0.571. The molecule has 0 spiro atoms. The summed E-state index contributed by atoms with van der Waals surface area (Å²) in [6.45, 7) is 4.76. The molecule has 0 radical (unpaired) electrons. The average molecular weight is 236 g/mol. The van der Waals surface area contributed by atoms with Gasteiger partial charge in [-0.1, -0.05) is 13.0 Å². The van der Waals surface area contributed by atoms with Crippen LogP contribution in [0.25, 0.3) is 0 Å². The Balaban J connectivity index is 2.33. The van der Waals surface area contributed by atoms with Crippen LogP contribution in [0.5, 0.6) is 0 Å². The molecule has 1 heterocycles. The van der Waals surface area contributed by atoms with E-state index in [1.807, 2.05) is 12.1 Å². The molecule has 1 saturated heterocycles. The average Bonchev–Trinajstić information content (AvgIpc) is 2.82. The predicted octanol–water partition coefficient (Wildman–Crippen LogP) is 2.88. The van der Waals surface area contributed by atoms with Crippen LogP contribution in [-0.4, -0.2) is 19.6 Å². The third-order valence-electron chi connectivity index (χ3n) is 3.57. The van der Waals surface area contributed by atoms with Crippen molar-refractivity contribution in [2.75, 3.05) is 24.5 Å². The molecule has 1 unspecified atom stereocenters. The van der Waals surface area contributed by atoms with Gasteiger partial charge in [-0.25, -0.2) is 4.39 Å².